The molecular weight excluding hydrogens is 332 g/mol. The van der Waals surface area contributed by atoms with Gasteiger partial charge in [-0.3, -0.25) is 4.90 Å². The minimum absolute atomic E-state index is 0.585. The molecule has 3 heteroatoms. The number of aromatic nitrogens is 1. The van der Waals surface area contributed by atoms with Gasteiger partial charge in [-0.1, -0.05) is 30.3 Å². The third kappa shape index (κ3) is 2.94. The Balaban J connectivity index is 1.44. The summed E-state index contributed by atoms with van der Waals surface area (Å²) >= 11 is 0. The molecule has 2 heterocycles. The maximum atomic E-state index is 5.29. The summed E-state index contributed by atoms with van der Waals surface area (Å²) in [4.78, 5) is 2.75. The van der Waals surface area contributed by atoms with Gasteiger partial charge in [0.25, 0.3) is 0 Å². The van der Waals surface area contributed by atoms with Crippen LogP contribution in [0.15, 0.2) is 48.5 Å². The summed E-state index contributed by atoms with van der Waals surface area (Å²) in [5, 5.41) is 1.49. The van der Waals surface area contributed by atoms with Crippen molar-refractivity contribution in [3.05, 3.63) is 65.4 Å². The topological polar surface area (TPSA) is 17.4 Å². The highest BCUT2D eigenvalue weighted by Crippen LogP contribution is 2.41. The molecule has 1 unspecified atom stereocenters. The van der Waals surface area contributed by atoms with E-state index in [1.807, 2.05) is 0 Å². The van der Waals surface area contributed by atoms with E-state index in [0.717, 1.165) is 25.3 Å². The van der Waals surface area contributed by atoms with Gasteiger partial charge in [0.2, 0.25) is 0 Å². The molecule has 1 atom stereocenters. The van der Waals surface area contributed by atoms with Crippen molar-refractivity contribution in [3.63, 3.8) is 0 Å². The zero-order valence-corrected chi connectivity index (χ0v) is 16.2. The molecule has 0 fully saturated rings. The fourth-order valence-electron chi connectivity index (χ4n) is 5.16. The van der Waals surface area contributed by atoms with Gasteiger partial charge in [0.1, 0.15) is 5.75 Å². The highest BCUT2D eigenvalue weighted by atomic mass is 16.5. The van der Waals surface area contributed by atoms with Gasteiger partial charge in [-0.2, -0.15) is 0 Å². The number of hydrogen-bond donors (Lipinski definition) is 0. The van der Waals surface area contributed by atoms with Crippen LogP contribution in [0.5, 0.6) is 5.75 Å². The van der Waals surface area contributed by atoms with Crippen molar-refractivity contribution in [2.75, 3.05) is 20.2 Å². The van der Waals surface area contributed by atoms with Crippen molar-refractivity contribution in [1.82, 2.24) is 9.47 Å². The second kappa shape index (κ2) is 7.05. The van der Waals surface area contributed by atoms with Gasteiger partial charge in [-0.15, -0.1) is 0 Å². The maximum absolute atomic E-state index is 5.29. The van der Waals surface area contributed by atoms with Crippen molar-refractivity contribution in [2.24, 2.45) is 0 Å². The van der Waals surface area contributed by atoms with E-state index in [1.54, 1.807) is 18.4 Å². The lowest BCUT2D eigenvalue weighted by molar-refractivity contribution is 0.184. The number of nitrogens with zero attached hydrogens (tertiary/aromatic N) is 2. The van der Waals surface area contributed by atoms with Crippen LogP contribution in [0.4, 0.5) is 0 Å². The summed E-state index contributed by atoms with van der Waals surface area (Å²) in [5.74, 6) is 0.940. The quantitative estimate of drug-likeness (QED) is 0.653. The second-order valence-electron chi connectivity index (χ2n) is 7.93. The number of fused-ring (bicyclic) bond motifs is 3. The normalized spacial score (nSPS) is 19.7. The van der Waals surface area contributed by atoms with E-state index < -0.39 is 0 Å². The first kappa shape index (κ1) is 16.9. The molecule has 3 aromatic rings. The van der Waals surface area contributed by atoms with Crippen LogP contribution in [0, 0.1) is 0 Å². The largest absolute Gasteiger partial charge is 0.497 e. The lowest BCUT2D eigenvalue weighted by atomic mass is 9.90. The molecule has 3 nitrogen and oxygen atoms in total. The molecule has 1 aliphatic carbocycles. The van der Waals surface area contributed by atoms with Gasteiger partial charge in [0, 0.05) is 36.2 Å². The molecule has 0 bridgehead atoms. The third-order valence-electron chi connectivity index (χ3n) is 6.45. The average Bonchev–Trinajstić information content (AvgIpc) is 2.92. The van der Waals surface area contributed by atoms with Gasteiger partial charge in [-0.05, 0) is 61.4 Å². The molecule has 1 aromatic heterocycles. The Morgan fingerprint density at radius 1 is 1.00 bits per heavy atom. The predicted molar refractivity (Wildman–Crippen MR) is 111 cm³/mol. The summed E-state index contributed by atoms with van der Waals surface area (Å²) in [6.45, 7) is 3.50. The third-order valence-corrected chi connectivity index (χ3v) is 6.45. The van der Waals surface area contributed by atoms with Crippen LogP contribution in [0.2, 0.25) is 0 Å². The molecule has 1 aliphatic heterocycles. The van der Waals surface area contributed by atoms with Crippen LogP contribution < -0.4 is 4.74 Å². The lowest BCUT2D eigenvalue weighted by Crippen LogP contribution is -2.33. The molecule has 2 aliphatic rings. The van der Waals surface area contributed by atoms with Crippen molar-refractivity contribution in [3.8, 4) is 5.75 Å². The number of benzene rings is 2. The first-order valence-corrected chi connectivity index (χ1v) is 10.3. The molecule has 0 spiro atoms. The molecule has 0 radical (unpaired) electrons. The van der Waals surface area contributed by atoms with Crippen molar-refractivity contribution >= 4 is 10.9 Å². The van der Waals surface area contributed by atoms with Crippen LogP contribution in [0.1, 0.15) is 42.1 Å². The fraction of sp³-hybridized carbons (Fsp3) is 0.417. The minimum Gasteiger partial charge on any atom is -0.497 e. The van der Waals surface area contributed by atoms with Crippen molar-refractivity contribution < 1.29 is 4.74 Å². The van der Waals surface area contributed by atoms with Crippen LogP contribution in [-0.2, 0) is 19.4 Å². The van der Waals surface area contributed by atoms with Gasteiger partial charge in [0.05, 0.1) is 13.2 Å². The zero-order chi connectivity index (χ0) is 18.2. The van der Waals surface area contributed by atoms with E-state index in [4.69, 9.17) is 4.74 Å². The van der Waals surface area contributed by atoms with E-state index in [-0.39, 0.29) is 0 Å². The average molecular weight is 361 g/mol. The summed E-state index contributed by atoms with van der Waals surface area (Å²) in [7, 11) is 1.73. The minimum atomic E-state index is 0.585. The standard InChI is InChI=1S/C24H28N2O/c1-27-19-12-10-18(11-13-19)14-17-25-15-5-16-26-22-8-3-2-6-20(22)21-7-4-9-23(25)24(21)26/h2-3,6,8,10-13,23H,4-5,7,9,14-17H2,1H3. The molecule has 0 amide bonds. The van der Waals surface area contributed by atoms with Crippen LogP contribution in [0.25, 0.3) is 10.9 Å². The Labute approximate surface area is 161 Å². The summed E-state index contributed by atoms with van der Waals surface area (Å²) in [6, 6.07) is 18.2. The van der Waals surface area contributed by atoms with E-state index in [9.17, 15) is 0 Å². The van der Waals surface area contributed by atoms with Crippen molar-refractivity contribution in [2.45, 2.75) is 44.7 Å². The summed E-state index contributed by atoms with van der Waals surface area (Å²) in [5.41, 5.74) is 6.09. The number of methoxy groups -OCH3 is 1. The van der Waals surface area contributed by atoms with Gasteiger partial charge in [-0.25, -0.2) is 0 Å². The molecule has 0 N–H and O–H groups in total. The SMILES string of the molecule is COc1ccc(CCN2CCCn3c4c(c5ccccc53)CCCC42)cc1. The number of ether oxygens (including phenoxy) is 1. The molecule has 5 rings (SSSR count). The highest BCUT2D eigenvalue weighted by molar-refractivity contribution is 5.86. The Bertz CT molecular complexity index is 941. The first-order valence-electron chi connectivity index (χ1n) is 10.3. The lowest BCUT2D eigenvalue weighted by Gasteiger charge is -2.33. The molecule has 0 saturated heterocycles. The predicted octanol–water partition coefficient (Wildman–Crippen LogP) is 4.98. The summed E-state index contributed by atoms with van der Waals surface area (Å²) < 4.78 is 7.93. The number of para-hydroxylation sites is 1. The number of rotatable bonds is 4. The van der Waals surface area contributed by atoms with Crippen LogP contribution >= 0.6 is 0 Å². The Hall–Kier alpha value is -2.26. The van der Waals surface area contributed by atoms with Crippen LogP contribution in [-0.4, -0.2) is 29.7 Å². The van der Waals surface area contributed by atoms with E-state index in [1.165, 1.54) is 48.7 Å². The van der Waals surface area contributed by atoms with Gasteiger partial charge in [0.15, 0.2) is 0 Å². The molecular formula is C24H28N2O. The van der Waals surface area contributed by atoms with Crippen molar-refractivity contribution in [1.29, 1.82) is 0 Å². The number of aryl methyl sites for hydroxylation is 2. The van der Waals surface area contributed by atoms with E-state index in [0.29, 0.717) is 6.04 Å². The summed E-state index contributed by atoms with van der Waals surface area (Å²) in [6.07, 6.45) is 6.20. The molecule has 27 heavy (non-hydrogen) atoms. The Morgan fingerprint density at radius 2 is 1.85 bits per heavy atom. The number of hydrogen-bond acceptors (Lipinski definition) is 2. The molecule has 140 valence electrons. The molecule has 0 saturated carbocycles. The zero-order valence-electron chi connectivity index (χ0n) is 16.2. The van der Waals surface area contributed by atoms with Gasteiger partial charge >= 0.3 is 0 Å². The van der Waals surface area contributed by atoms with E-state index >= 15 is 0 Å². The van der Waals surface area contributed by atoms with Gasteiger partial charge < -0.3 is 9.30 Å². The monoisotopic (exact) mass is 360 g/mol. The van der Waals surface area contributed by atoms with E-state index in [2.05, 4.69) is 58.0 Å². The fourth-order valence-corrected chi connectivity index (χ4v) is 5.16. The maximum Gasteiger partial charge on any atom is 0.118 e. The van der Waals surface area contributed by atoms with Crippen LogP contribution in [0.3, 0.4) is 0 Å². The second-order valence-corrected chi connectivity index (χ2v) is 7.93. The Morgan fingerprint density at radius 3 is 2.70 bits per heavy atom. The Kier molecular flexibility index (Phi) is 4.41. The first-order chi connectivity index (χ1) is 13.3. The smallest absolute Gasteiger partial charge is 0.118 e. The molecule has 2 aromatic carbocycles. The highest BCUT2D eigenvalue weighted by Gasteiger charge is 2.32.